The zero-order valence-electron chi connectivity index (χ0n) is 15.3. The van der Waals surface area contributed by atoms with Crippen molar-refractivity contribution in [2.75, 3.05) is 18.1 Å². The molecular formula is C21H25NO4. The maximum atomic E-state index is 12.7. The van der Waals surface area contributed by atoms with Crippen LogP contribution in [0, 0.1) is 0 Å². The molecule has 0 bridgehead atoms. The number of ether oxygens (including phenoxy) is 2. The molecule has 2 aromatic rings. The van der Waals surface area contributed by atoms with Crippen LogP contribution < -0.4 is 4.90 Å². The molecule has 0 aliphatic rings. The van der Waals surface area contributed by atoms with Gasteiger partial charge < -0.3 is 14.4 Å². The van der Waals surface area contributed by atoms with E-state index in [1.54, 1.807) is 4.90 Å². The molecule has 0 aromatic heterocycles. The van der Waals surface area contributed by atoms with E-state index in [1.165, 1.54) is 0 Å². The SMILES string of the molecule is CCCOC(=O)C(C(=O)OCCC)N(c1ccccc1)c1ccccc1. The number of nitrogens with zero attached hydrogens (tertiary/aromatic N) is 1. The van der Waals surface area contributed by atoms with Gasteiger partial charge in [-0.2, -0.15) is 0 Å². The van der Waals surface area contributed by atoms with Gasteiger partial charge in [0.25, 0.3) is 0 Å². The quantitative estimate of drug-likeness (QED) is 0.501. The largest absolute Gasteiger partial charge is 0.464 e. The normalized spacial score (nSPS) is 10.4. The summed E-state index contributed by atoms with van der Waals surface area (Å²) in [6, 6.07) is 17.4. The van der Waals surface area contributed by atoms with Gasteiger partial charge in [0.15, 0.2) is 0 Å². The molecule has 5 nitrogen and oxygen atoms in total. The Balaban J connectivity index is 2.46. The van der Waals surface area contributed by atoms with Gasteiger partial charge in [0.1, 0.15) is 0 Å². The second kappa shape index (κ2) is 10.2. The molecule has 0 amide bonds. The van der Waals surface area contributed by atoms with Gasteiger partial charge in [0.05, 0.1) is 13.2 Å². The molecular weight excluding hydrogens is 330 g/mol. The van der Waals surface area contributed by atoms with Crippen molar-refractivity contribution >= 4 is 23.3 Å². The van der Waals surface area contributed by atoms with Crippen LogP contribution in [0.3, 0.4) is 0 Å². The lowest BCUT2D eigenvalue weighted by Crippen LogP contribution is -2.46. The third-order valence-corrected chi connectivity index (χ3v) is 3.67. The molecule has 0 unspecified atom stereocenters. The lowest BCUT2D eigenvalue weighted by atomic mass is 10.1. The minimum Gasteiger partial charge on any atom is -0.464 e. The Morgan fingerprint density at radius 2 is 1.15 bits per heavy atom. The predicted octanol–water partition coefficient (Wildman–Crippen LogP) is 4.10. The van der Waals surface area contributed by atoms with Crippen molar-refractivity contribution in [3.8, 4) is 0 Å². The Labute approximate surface area is 154 Å². The smallest absolute Gasteiger partial charge is 0.340 e. The van der Waals surface area contributed by atoms with Crippen molar-refractivity contribution in [1.29, 1.82) is 0 Å². The fourth-order valence-corrected chi connectivity index (χ4v) is 2.49. The van der Waals surface area contributed by atoms with Gasteiger partial charge in [0, 0.05) is 11.4 Å². The van der Waals surface area contributed by atoms with E-state index < -0.39 is 18.0 Å². The van der Waals surface area contributed by atoms with Crippen LogP contribution >= 0.6 is 0 Å². The summed E-state index contributed by atoms with van der Waals surface area (Å²) in [5.74, 6) is -1.22. The molecule has 0 fully saturated rings. The zero-order valence-corrected chi connectivity index (χ0v) is 15.3. The monoisotopic (exact) mass is 355 g/mol. The number of esters is 2. The number of rotatable bonds is 9. The van der Waals surface area contributed by atoms with E-state index in [-0.39, 0.29) is 13.2 Å². The van der Waals surface area contributed by atoms with Crippen LogP contribution in [0.4, 0.5) is 11.4 Å². The first-order chi connectivity index (χ1) is 12.7. The number of anilines is 2. The Hall–Kier alpha value is -2.82. The van der Waals surface area contributed by atoms with Gasteiger partial charge in [-0.15, -0.1) is 0 Å². The minimum atomic E-state index is -1.20. The fourth-order valence-electron chi connectivity index (χ4n) is 2.49. The standard InChI is InChI=1S/C21H25NO4/c1-3-15-25-20(23)19(21(24)26-16-4-2)22(17-11-7-5-8-12-17)18-13-9-6-10-14-18/h5-14,19H,3-4,15-16H2,1-2H3. The predicted molar refractivity (Wildman–Crippen MR) is 101 cm³/mol. The van der Waals surface area contributed by atoms with Crippen molar-refractivity contribution in [3.63, 3.8) is 0 Å². The Kier molecular flexibility index (Phi) is 7.68. The molecule has 0 saturated heterocycles. The minimum absolute atomic E-state index is 0.258. The van der Waals surface area contributed by atoms with Crippen molar-refractivity contribution < 1.29 is 19.1 Å². The average molecular weight is 355 g/mol. The van der Waals surface area contributed by atoms with Crippen molar-refractivity contribution in [2.45, 2.75) is 32.7 Å². The number of hydrogen-bond acceptors (Lipinski definition) is 5. The van der Waals surface area contributed by atoms with Gasteiger partial charge in [-0.3, -0.25) is 0 Å². The molecule has 0 saturated carbocycles. The molecule has 2 aromatic carbocycles. The highest BCUT2D eigenvalue weighted by Gasteiger charge is 2.37. The zero-order chi connectivity index (χ0) is 18.8. The molecule has 0 heterocycles. The van der Waals surface area contributed by atoms with Crippen LogP contribution in [-0.4, -0.2) is 31.2 Å². The highest BCUT2D eigenvalue weighted by Crippen LogP contribution is 2.28. The van der Waals surface area contributed by atoms with Crippen LogP contribution in [-0.2, 0) is 19.1 Å². The molecule has 0 aliphatic carbocycles. The molecule has 0 spiro atoms. The summed E-state index contributed by atoms with van der Waals surface area (Å²) < 4.78 is 10.6. The van der Waals surface area contributed by atoms with E-state index >= 15 is 0 Å². The van der Waals surface area contributed by atoms with E-state index in [0.29, 0.717) is 24.2 Å². The first-order valence-electron chi connectivity index (χ1n) is 8.91. The number of hydrogen-bond donors (Lipinski definition) is 0. The third-order valence-electron chi connectivity index (χ3n) is 3.67. The topological polar surface area (TPSA) is 55.8 Å². The summed E-state index contributed by atoms with van der Waals surface area (Å²) in [5.41, 5.74) is 1.43. The first-order valence-corrected chi connectivity index (χ1v) is 8.91. The average Bonchev–Trinajstić information content (AvgIpc) is 2.69. The summed E-state index contributed by atoms with van der Waals surface area (Å²) in [6.45, 7) is 4.33. The van der Waals surface area contributed by atoms with Crippen LogP contribution in [0.25, 0.3) is 0 Å². The highest BCUT2D eigenvalue weighted by molar-refractivity contribution is 6.04. The summed E-state index contributed by atoms with van der Waals surface area (Å²) in [5, 5.41) is 0. The first kappa shape index (κ1) is 19.5. The van der Waals surface area contributed by atoms with Crippen molar-refractivity contribution in [1.82, 2.24) is 0 Å². The summed E-state index contributed by atoms with van der Waals surface area (Å²) in [4.78, 5) is 27.1. The van der Waals surface area contributed by atoms with E-state index in [0.717, 1.165) is 0 Å². The van der Waals surface area contributed by atoms with Gasteiger partial charge in [-0.05, 0) is 37.1 Å². The van der Waals surface area contributed by atoms with Crippen LogP contribution in [0.1, 0.15) is 26.7 Å². The maximum Gasteiger partial charge on any atom is 0.340 e. The van der Waals surface area contributed by atoms with Gasteiger partial charge in [0.2, 0.25) is 6.04 Å². The van der Waals surface area contributed by atoms with E-state index in [2.05, 4.69) is 0 Å². The molecule has 5 heteroatoms. The Morgan fingerprint density at radius 3 is 1.50 bits per heavy atom. The van der Waals surface area contributed by atoms with E-state index in [4.69, 9.17) is 9.47 Å². The summed E-state index contributed by atoms with van der Waals surface area (Å²) >= 11 is 0. The molecule has 0 aliphatic heterocycles. The summed E-state index contributed by atoms with van der Waals surface area (Å²) in [7, 11) is 0. The van der Waals surface area contributed by atoms with Gasteiger partial charge in [-0.1, -0.05) is 50.2 Å². The molecule has 2 rings (SSSR count). The van der Waals surface area contributed by atoms with E-state index in [9.17, 15) is 9.59 Å². The molecule has 0 N–H and O–H groups in total. The third kappa shape index (κ3) is 5.09. The molecule has 0 atom stereocenters. The van der Waals surface area contributed by atoms with Gasteiger partial charge >= 0.3 is 11.9 Å². The fraction of sp³-hybridized carbons (Fsp3) is 0.333. The second-order valence-corrected chi connectivity index (χ2v) is 5.78. The van der Waals surface area contributed by atoms with E-state index in [1.807, 2.05) is 74.5 Å². The van der Waals surface area contributed by atoms with Crippen LogP contribution in [0.5, 0.6) is 0 Å². The Bertz CT molecular complexity index is 628. The molecule has 0 radical (unpaired) electrons. The molecule has 138 valence electrons. The lowest BCUT2D eigenvalue weighted by molar-refractivity contribution is -0.156. The van der Waals surface area contributed by atoms with Gasteiger partial charge in [-0.25, -0.2) is 9.59 Å². The Morgan fingerprint density at radius 1 is 0.769 bits per heavy atom. The van der Waals surface area contributed by atoms with Crippen LogP contribution in [0.2, 0.25) is 0 Å². The number of para-hydroxylation sites is 2. The number of carbonyl (C=O) groups excluding carboxylic acids is 2. The van der Waals surface area contributed by atoms with Crippen molar-refractivity contribution in [3.05, 3.63) is 60.7 Å². The highest BCUT2D eigenvalue weighted by atomic mass is 16.6. The lowest BCUT2D eigenvalue weighted by Gasteiger charge is -2.30. The summed E-state index contributed by atoms with van der Waals surface area (Å²) in [6.07, 6.45) is 1.36. The molecule has 26 heavy (non-hydrogen) atoms. The van der Waals surface area contributed by atoms with Crippen LogP contribution in [0.15, 0.2) is 60.7 Å². The maximum absolute atomic E-state index is 12.7. The number of carbonyl (C=O) groups is 2. The second-order valence-electron chi connectivity index (χ2n) is 5.78. The number of benzene rings is 2. The van der Waals surface area contributed by atoms with Crippen molar-refractivity contribution in [2.24, 2.45) is 0 Å².